The van der Waals surface area contributed by atoms with Crippen molar-refractivity contribution in [1.82, 2.24) is 14.5 Å². The van der Waals surface area contributed by atoms with E-state index in [1.807, 2.05) is 27.7 Å². The van der Waals surface area contributed by atoms with Crippen LogP contribution in [0.25, 0.3) is 0 Å². The minimum Gasteiger partial charge on any atom is -0.281 e. The second-order valence-corrected chi connectivity index (χ2v) is 7.16. The van der Waals surface area contributed by atoms with Crippen LogP contribution in [0.5, 0.6) is 0 Å². The number of H-pyrrole nitrogens is 1. The monoisotopic (exact) mass is 287 g/mol. The second-order valence-electron chi connectivity index (χ2n) is 5.30. The standard InChI is InChI=1S/C13H25N3O2S/c1-6-12(7-2)16(9-10(3)4)19(17,18)13-8-14-15-11(13)5/h8,10,12H,6-7,9H2,1-5H3,(H,14,15). The zero-order valence-corrected chi connectivity index (χ0v) is 13.3. The lowest BCUT2D eigenvalue weighted by Gasteiger charge is -2.30. The number of sulfonamides is 1. The lowest BCUT2D eigenvalue weighted by molar-refractivity contribution is 0.277. The highest BCUT2D eigenvalue weighted by atomic mass is 32.2. The average molecular weight is 287 g/mol. The Hall–Kier alpha value is -0.880. The van der Waals surface area contributed by atoms with Gasteiger partial charge in [0, 0.05) is 12.6 Å². The predicted octanol–water partition coefficient (Wildman–Crippen LogP) is 2.55. The molecule has 6 heteroatoms. The van der Waals surface area contributed by atoms with Crippen LogP contribution in [0.15, 0.2) is 11.1 Å². The first-order valence-electron chi connectivity index (χ1n) is 6.86. The van der Waals surface area contributed by atoms with Crippen LogP contribution in [0.4, 0.5) is 0 Å². The first-order valence-corrected chi connectivity index (χ1v) is 8.30. The van der Waals surface area contributed by atoms with Gasteiger partial charge in [-0.05, 0) is 25.7 Å². The molecule has 0 fully saturated rings. The largest absolute Gasteiger partial charge is 0.281 e. The molecule has 0 aliphatic carbocycles. The third kappa shape index (κ3) is 3.57. The fourth-order valence-electron chi connectivity index (χ4n) is 2.23. The van der Waals surface area contributed by atoms with E-state index >= 15 is 0 Å². The molecule has 1 aromatic rings. The molecule has 0 bridgehead atoms. The topological polar surface area (TPSA) is 66.1 Å². The Morgan fingerprint density at radius 1 is 1.32 bits per heavy atom. The maximum Gasteiger partial charge on any atom is 0.246 e. The summed E-state index contributed by atoms with van der Waals surface area (Å²) in [6, 6.07) is 0.0432. The summed E-state index contributed by atoms with van der Waals surface area (Å²) < 4.78 is 27.2. The lowest BCUT2D eigenvalue weighted by atomic mass is 10.1. The van der Waals surface area contributed by atoms with E-state index in [0.29, 0.717) is 23.1 Å². The summed E-state index contributed by atoms with van der Waals surface area (Å²) in [6.07, 6.45) is 3.04. The van der Waals surface area contributed by atoms with Crippen LogP contribution in [0, 0.1) is 12.8 Å². The molecule has 19 heavy (non-hydrogen) atoms. The Morgan fingerprint density at radius 3 is 2.26 bits per heavy atom. The van der Waals surface area contributed by atoms with Gasteiger partial charge in [0.1, 0.15) is 4.90 Å². The molecule has 0 aliphatic rings. The predicted molar refractivity (Wildman–Crippen MR) is 76.4 cm³/mol. The third-order valence-corrected chi connectivity index (χ3v) is 5.30. The Morgan fingerprint density at radius 2 is 1.89 bits per heavy atom. The molecule has 0 saturated carbocycles. The van der Waals surface area contributed by atoms with Gasteiger partial charge in [-0.3, -0.25) is 5.10 Å². The zero-order chi connectivity index (χ0) is 14.6. The van der Waals surface area contributed by atoms with Crippen LogP contribution in [-0.4, -0.2) is 35.5 Å². The summed E-state index contributed by atoms with van der Waals surface area (Å²) >= 11 is 0. The number of aromatic nitrogens is 2. The van der Waals surface area contributed by atoms with Gasteiger partial charge in [0.05, 0.1) is 11.9 Å². The summed E-state index contributed by atoms with van der Waals surface area (Å²) in [5.74, 6) is 0.294. The van der Waals surface area contributed by atoms with E-state index in [2.05, 4.69) is 10.2 Å². The van der Waals surface area contributed by atoms with Crippen molar-refractivity contribution in [2.45, 2.75) is 58.4 Å². The van der Waals surface area contributed by atoms with E-state index in [-0.39, 0.29) is 6.04 Å². The lowest BCUT2D eigenvalue weighted by Crippen LogP contribution is -2.42. The fourth-order valence-corrected chi connectivity index (χ4v) is 4.28. The maximum absolute atomic E-state index is 12.8. The van der Waals surface area contributed by atoms with Gasteiger partial charge in [-0.2, -0.15) is 9.40 Å². The molecule has 0 aliphatic heterocycles. The second kappa shape index (κ2) is 6.52. The molecule has 0 unspecified atom stereocenters. The summed E-state index contributed by atoms with van der Waals surface area (Å²) in [5.41, 5.74) is 0.597. The molecule has 0 radical (unpaired) electrons. The Kier molecular flexibility index (Phi) is 5.55. The van der Waals surface area contributed by atoms with Gasteiger partial charge >= 0.3 is 0 Å². The van der Waals surface area contributed by atoms with E-state index in [1.54, 1.807) is 11.2 Å². The van der Waals surface area contributed by atoms with Crippen LogP contribution < -0.4 is 0 Å². The van der Waals surface area contributed by atoms with Crippen LogP contribution >= 0.6 is 0 Å². The van der Waals surface area contributed by atoms with Crippen molar-refractivity contribution in [2.24, 2.45) is 5.92 Å². The Balaban J connectivity index is 3.20. The number of hydrogen-bond acceptors (Lipinski definition) is 3. The summed E-state index contributed by atoms with van der Waals surface area (Å²) in [6.45, 7) is 10.4. The number of aromatic amines is 1. The highest BCUT2D eigenvalue weighted by molar-refractivity contribution is 7.89. The minimum atomic E-state index is -3.47. The first-order chi connectivity index (χ1) is 8.84. The van der Waals surface area contributed by atoms with Crippen molar-refractivity contribution >= 4 is 10.0 Å². The van der Waals surface area contributed by atoms with E-state index in [4.69, 9.17) is 0 Å². The summed E-state index contributed by atoms with van der Waals surface area (Å²) in [4.78, 5) is 0.292. The molecule has 0 saturated heterocycles. The van der Waals surface area contributed by atoms with E-state index in [9.17, 15) is 8.42 Å². The van der Waals surface area contributed by atoms with Gasteiger partial charge in [0.15, 0.2) is 0 Å². The van der Waals surface area contributed by atoms with Crippen molar-refractivity contribution in [1.29, 1.82) is 0 Å². The number of nitrogens with one attached hydrogen (secondary N) is 1. The minimum absolute atomic E-state index is 0.0432. The van der Waals surface area contributed by atoms with Crippen molar-refractivity contribution in [3.8, 4) is 0 Å². The maximum atomic E-state index is 12.8. The fraction of sp³-hybridized carbons (Fsp3) is 0.769. The highest BCUT2D eigenvalue weighted by Crippen LogP contribution is 2.23. The van der Waals surface area contributed by atoms with Crippen molar-refractivity contribution < 1.29 is 8.42 Å². The van der Waals surface area contributed by atoms with Gasteiger partial charge in [-0.15, -0.1) is 0 Å². The molecule has 1 heterocycles. The molecule has 5 nitrogen and oxygen atoms in total. The van der Waals surface area contributed by atoms with Gasteiger partial charge < -0.3 is 0 Å². The SMILES string of the molecule is CCC(CC)N(CC(C)C)S(=O)(=O)c1cn[nH]c1C. The van der Waals surface area contributed by atoms with Gasteiger partial charge in [0.2, 0.25) is 10.0 Å². The quantitative estimate of drug-likeness (QED) is 0.838. The van der Waals surface area contributed by atoms with Crippen LogP contribution in [0.3, 0.4) is 0 Å². The molecular weight excluding hydrogens is 262 g/mol. The van der Waals surface area contributed by atoms with Crippen molar-refractivity contribution in [3.05, 3.63) is 11.9 Å². The molecule has 0 spiro atoms. The van der Waals surface area contributed by atoms with E-state index in [1.165, 1.54) is 6.20 Å². The molecule has 1 rings (SSSR count). The smallest absolute Gasteiger partial charge is 0.246 e. The highest BCUT2D eigenvalue weighted by Gasteiger charge is 2.32. The van der Waals surface area contributed by atoms with Crippen molar-refractivity contribution in [3.63, 3.8) is 0 Å². The molecule has 110 valence electrons. The summed E-state index contributed by atoms with van der Waals surface area (Å²) in [5, 5.41) is 6.53. The van der Waals surface area contributed by atoms with Crippen LogP contribution in [-0.2, 0) is 10.0 Å². The normalized spacial score (nSPS) is 12.8. The number of hydrogen-bond donors (Lipinski definition) is 1. The van der Waals surface area contributed by atoms with E-state index in [0.717, 1.165) is 12.8 Å². The third-order valence-electron chi connectivity index (χ3n) is 3.27. The van der Waals surface area contributed by atoms with E-state index < -0.39 is 10.0 Å². The average Bonchev–Trinajstić information content (AvgIpc) is 2.76. The molecule has 1 N–H and O–H groups in total. The number of aryl methyl sites for hydroxylation is 1. The zero-order valence-electron chi connectivity index (χ0n) is 12.5. The van der Waals surface area contributed by atoms with Gasteiger partial charge in [-0.1, -0.05) is 27.7 Å². The number of rotatable bonds is 7. The molecule has 1 aromatic heterocycles. The van der Waals surface area contributed by atoms with Gasteiger partial charge in [0.25, 0.3) is 0 Å². The molecule has 0 atom stereocenters. The van der Waals surface area contributed by atoms with Crippen molar-refractivity contribution in [2.75, 3.05) is 6.54 Å². The Labute approximate surface area is 116 Å². The molecular formula is C13H25N3O2S. The molecule has 0 amide bonds. The Bertz CT molecular complexity index is 490. The molecule has 0 aromatic carbocycles. The van der Waals surface area contributed by atoms with Gasteiger partial charge in [-0.25, -0.2) is 8.42 Å². The van der Waals surface area contributed by atoms with Crippen LogP contribution in [0.2, 0.25) is 0 Å². The first kappa shape index (κ1) is 16.2. The number of nitrogens with zero attached hydrogens (tertiary/aromatic N) is 2. The van der Waals surface area contributed by atoms with Crippen LogP contribution in [0.1, 0.15) is 46.2 Å². The summed E-state index contributed by atoms with van der Waals surface area (Å²) in [7, 11) is -3.47.